The van der Waals surface area contributed by atoms with Gasteiger partial charge in [0.05, 0.1) is 16.5 Å². The van der Waals surface area contributed by atoms with E-state index in [9.17, 15) is 9.90 Å². The number of hydrogen-bond acceptors (Lipinski definition) is 3. The summed E-state index contributed by atoms with van der Waals surface area (Å²) in [6, 6.07) is 11.7. The summed E-state index contributed by atoms with van der Waals surface area (Å²) in [7, 11) is 0. The summed E-state index contributed by atoms with van der Waals surface area (Å²) in [6.45, 7) is 0. The van der Waals surface area contributed by atoms with E-state index in [0.717, 1.165) is 18.7 Å². The van der Waals surface area contributed by atoms with Gasteiger partial charge in [-0.15, -0.1) is 0 Å². The third-order valence-corrected chi connectivity index (χ3v) is 4.15. The van der Waals surface area contributed by atoms with Crippen LogP contribution in [0.1, 0.15) is 34.6 Å². The first kappa shape index (κ1) is 12.1. The number of rotatable bonds is 3. The van der Waals surface area contributed by atoms with E-state index in [-0.39, 0.29) is 11.0 Å². The average Bonchev–Trinajstić information content (AvgIpc) is 3.20. The largest absolute Gasteiger partial charge is 0.478 e. The van der Waals surface area contributed by atoms with Crippen LogP contribution in [-0.4, -0.2) is 26.0 Å². The van der Waals surface area contributed by atoms with Crippen LogP contribution in [0.3, 0.4) is 0 Å². The van der Waals surface area contributed by atoms with Crippen molar-refractivity contribution in [1.82, 2.24) is 15.0 Å². The molecule has 3 aromatic rings. The van der Waals surface area contributed by atoms with Crippen molar-refractivity contribution >= 4 is 17.1 Å². The fraction of sp³-hybridized carbons (Fsp3) is 0.188. The van der Waals surface area contributed by atoms with Gasteiger partial charge in [0.15, 0.2) is 5.65 Å². The smallest absolute Gasteiger partial charge is 0.338 e. The van der Waals surface area contributed by atoms with Gasteiger partial charge in [0.25, 0.3) is 0 Å². The van der Waals surface area contributed by atoms with E-state index in [4.69, 9.17) is 0 Å². The third kappa shape index (κ3) is 1.74. The number of aromatic nitrogens is 3. The molecule has 5 heteroatoms. The molecule has 2 aromatic heterocycles. The van der Waals surface area contributed by atoms with Crippen molar-refractivity contribution in [3.8, 4) is 0 Å². The molecular weight excluding hydrogens is 266 g/mol. The Hall–Kier alpha value is -2.69. The predicted molar refractivity (Wildman–Crippen MR) is 77.3 cm³/mol. The Kier molecular flexibility index (Phi) is 2.39. The van der Waals surface area contributed by atoms with Gasteiger partial charge >= 0.3 is 5.97 Å². The summed E-state index contributed by atoms with van der Waals surface area (Å²) in [5, 5.41) is 9.25. The minimum atomic E-state index is -0.970. The maximum Gasteiger partial charge on any atom is 0.338 e. The molecule has 0 amide bonds. The highest BCUT2D eigenvalue weighted by Crippen LogP contribution is 2.52. The lowest BCUT2D eigenvalue weighted by Crippen LogP contribution is -2.10. The number of H-pyrrole nitrogens is 1. The molecule has 1 fully saturated rings. The second-order valence-electron chi connectivity index (χ2n) is 5.40. The van der Waals surface area contributed by atoms with Crippen LogP contribution in [-0.2, 0) is 5.41 Å². The molecule has 0 atom stereocenters. The number of carboxylic acid groups (broad SMARTS) is 1. The van der Waals surface area contributed by atoms with Crippen LogP contribution in [0.5, 0.6) is 0 Å². The Bertz CT molecular complexity index is 835. The monoisotopic (exact) mass is 279 g/mol. The fourth-order valence-corrected chi connectivity index (χ4v) is 2.86. The van der Waals surface area contributed by atoms with Crippen LogP contribution < -0.4 is 0 Å². The topological polar surface area (TPSA) is 78.9 Å². The lowest BCUT2D eigenvalue weighted by molar-refractivity contribution is 0.0698. The molecule has 1 aliphatic carbocycles. The van der Waals surface area contributed by atoms with Crippen molar-refractivity contribution in [1.29, 1.82) is 0 Å². The minimum Gasteiger partial charge on any atom is -0.478 e. The molecule has 104 valence electrons. The summed E-state index contributed by atoms with van der Waals surface area (Å²) in [4.78, 5) is 23.2. The number of imidazole rings is 1. The maximum atomic E-state index is 11.3. The SMILES string of the molecule is O=C(O)c1ccnc2nc(C3(c4ccccc4)CC3)[nH]c12. The van der Waals surface area contributed by atoms with Gasteiger partial charge in [0.2, 0.25) is 0 Å². The summed E-state index contributed by atoms with van der Waals surface area (Å²) in [5.74, 6) is -0.160. The predicted octanol–water partition coefficient (Wildman–Crippen LogP) is 2.74. The van der Waals surface area contributed by atoms with E-state index in [1.54, 1.807) is 0 Å². The van der Waals surface area contributed by atoms with Gasteiger partial charge in [0, 0.05) is 6.20 Å². The number of fused-ring (bicyclic) bond motifs is 1. The first-order valence-electron chi connectivity index (χ1n) is 6.85. The molecule has 4 rings (SSSR count). The highest BCUT2D eigenvalue weighted by atomic mass is 16.4. The number of hydrogen-bond donors (Lipinski definition) is 2. The quantitative estimate of drug-likeness (QED) is 0.772. The second kappa shape index (κ2) is 4.15. The van der Waals surface area contributed by atoms with Crippen LogP contribution in [0.25, 0.3) is 11.2 Å². The number of aromatic carboxylic acids is 1. The van der Waals surface area contributed by atoms with Gasteiger partial charge in [-0.05, 0) is 24.5 Å². The molecule has 1 saturated carbocycles. The molecule has 0 spiro atoms. The molecule has 0 radical (unpaired) electrons. The zero-order chi connectivity index (χ0) is 14.4. The Balaban J connectivity index is 1.89. The van der Waals surface area contributed by atoms with Crippen molar-refractivity contribution in [3.63, 3.8) is 0 Å². The maximum absolute atomic E-state index is 11.3. The molecule has 0 saturated heterocycles. The first-order chi connectivity index (χ1) is 10.2. The number of carbonyl (C=O) groups is 1. The van der Waals surface area contributed by atoms with E-state index in [0.29, 0.717) is 11.2 Å². The van der Waals surface area contributed by atoms with E-state index < -0.39 is 5.97 Å². The Labute approximate surface area is 120 Å². The zero-order valence-corrected chi connectivity index (χ0v) is 11.2. The van der Waals surface area contributed by atoms with Gasteiger partial charge in [-0.3, -0.25) is 0 Å². The van der Waals surface area contributed by atoms with Crippen molar-refractivity contribution in [2.45, 2.75) is 18.3 Å². The van der Waals surface area contributed by atoms with Crippen molar-refractivity contribution < 1.29 is 9.90 Å². The van der Waals surface area contributed by atoms with Crippen molar-refractivity contribution in [2.75, 3.05) is 0 Å². The average molecular weight is 279 g/mol. The summed E-state index contributed by atoms with van der Waals surface area (Å²) >= 11 is 0. The van der Waals surface area contributed by atoms with Crippen LogP contribution in [0.4, 0.5) is 0 Å². The standard InChI is InChI=1S/C16H13N3O2/c20-14(21)11-6-9-17-13-12(11)18-15(19-13)16(7-8-16)10-4-2-1-3-5-10/h1-6,9H,7-8H2,(H,20,21)(H,17,18,19). The molecule has 1 aliphatic rings. The molecule has 5 nitrogen and oxygen atoms in total. The van der Waals surface area contributed by atoms with Gasteiger partial charge in [-0.25, -0.2) is 14.8 Å². The van der Waals surface area contributed by atoms with Crippen molar-refractivity contribution in [2.24, 2.45) is 0 Å². The number of nitrogens with one attached hydrogen (secondary N) is 1. The molecule has 1 aromatic carbocycles. The molecule has 21 heavy (non-hydrogen) atoms. The number of benzene rings is 1. The molecule has 0 unspecified atom stereocenters. The molecule has 0 aliphatic heterocycles. The second-order valence-corrected chi connectivity index (χ2v) is 5.40. The van der Waals surface area contributed by atoms with Crippen molar-refractivity contribution in [3.05, 3.63) is 59.5 Å². The lowest BCUT2D eigenvalue weighted by Gasteiger charge is -2.12. The van der Waals surface area contributed by atoms with E-state index in [2.05, 4.69) is 27.1 Å². The van der Waals surface area contributed by atoms with Crippen LogP contribution >= 0.6 is 0 Å². The van der Waals surface area contributed by atoms with E-state index in [1.807, 2.05) is 18.2 Å². The van der Waals surface area contributed by atoms with Gasteiger partial charge in [-0.1, -0.05) is 30.3 Å². The van der Waals surface area contributed by atoms with Gasteiger partial charge in [0.1, 0.15) is 5.82 Å². The number of pyridine rings is 1. The molecular formula is C16H13N3O2. The summed E-state index contributed by atoms with van der Waals surface area (Å²) in [6.07, 6.45) is 3.51. The van der Waals surface area contributed by atoms with E-state index in [1.165, 1.54) is 17.8 Å². The third-order valence-electron chi connectivity index (χ3n) is 4.15. The number of aromatic amines is 1. The summed E-state index contributed by atoms with van der Waals surface area (Å²) < 4.78 is 0. The Morgan fingerprint density at radius 3 is 2.62 bits per heavy atom. The summed E-state index contributed by atoms with van der Waals surface area (Å²) in [5.41, 5.74) is 2.27. The zero-order valence-electron chi connectivity index (χ0n) is 11.2. The minimum absolute atomic E-state index is 0.113. The first-order valence-corrected chi connectivity index (χ1v) is 6.85. The fourth-order valence-electron chi connectivity index (χ4n) is 2.86. The van der Waals surface area contributed by atoms with Gasteiger partial charge < -0.3 is 10.1 Å². The highest BCUT2D eigenvalue weighted by molar-refractivity contribution is 5.99. The molecule has 2 heterocycles. The highest BCUT2D eigenvalue weighted by Gasteiger charge is 2.48. The molecule has 0 bridgehead atoms. The molecule has 2 N–H and O–H groups in total. The van der Waals surface area contributed by atoms with Crippen LogP contribution in [0, 0.1) is 0 Å². The van der Waals surface area contributed by atoms with Crippen LogP contribution in [0.2, 0.25) is 0 Å². The Morgan fingerprint density at radius 2 is 1.95 bits per heavy atom. The normalized spacial score (nSPS) is 16.0. The number of carboxylic acids is 1. The van der Waals surface area contributed by atoms with E-state index >= 15 is 0 Å². The Morgan fingerprint density at radius 1 is 1.19 bits per heavy atom. The van der Waals surface area contributed by atoms with Crippen LogP contribution in [0.15, 0.2) is 42.6 Å². The lowest BCUT2D eigenvalue weighted by atomic mass is 9.95. The van der Waals surface area contributed by atoms with Gasteiger partial charge in [-0.2, -0.15) is 0 Å². The number of nitrogens with zero attached hydrogens (tertiary/aromatic N) is 2.